The van der Waals surface area contributed by atoms with Gasteiger partial charge >= 0.3 is 0 Å². The zero-order valence-corrected chi connectivity index (χ0v) is 11.6. The van der Waals surface area contributed by atoms with Crippen molar-refractivity contribution in [2.24, 2.45) is 0 Å². The summed E-state index contributed by atoms with van der Waals surface area (Å²) in [5, 5.41) is 0. The molecule has 2 nitrogen and oxygen atoms in total. The van der Waals surface area contributed by atoms with Crippen LogP contribution in [-0.4, -0.2) is 4.98 Å². The largest absolute Gasteiger partial charge is 0.438 e. The lowest BCUT2D eigenvalue weighted by Gasteiger charge is -2.13. The van der Waals surface area contributed by atoms with Crippen LogP contribution in [0.1, 0.15) is 22.3 Å². The van der Waals surface area contributed by atoms with Crippen molar-refractivity contribution in [3.05, 3.63) is 52.7 Å². The van der Waals surface area contributed by atoms with Crippen LogP contribution in [0.5, 0.6) is 11.6 Å². The van der Waals surface area contributed by atoms with Gasteiger partial charge in [-0.3, -0.25) is 0 Å². The molecule has 0 atom stereocenters. The first-order valence-corrected chi connectivity index (χ1v) is 6.41. The van der Waals surface area contributed by atoms with E-state index in [0.29, 0.717) is 11.8 Å². The first-order chi connectivity index (χ1) is 8.61. The van der Waals surface area contributed by atoms with Gasteiger partial charge in [0.15, 0.2) is 0 Å². The van der Waals surface area contributed by atoms with E-state index in [-0.39, 0.29) is 0 Å². The van der Waals surface area contributed by atoms with Gasteiger partial charge in [-0.15, -0.1) is 11.6 Å². The Hall–Kier alpha value is -1.54. The lowest BCUT2D eigenvalue weighted by Crippen LogP contribution is -1.95. The third-order valence-corrected chi connectivity index (χ3v) is 3.34. The van der Waals surface area contributed by atoms with E-state index in [1.54, 1.807) is 6.20 Å². The number of pyridine rings is 1. The molecule has 0 aliphatic carbocycles. The molecule has 1 aromatic carbocycles. The molecule has 0 aliphatic rings. The second kappa shape index (κ2) is 5.40. The van der Waals surface area contributed by atoms with Gasteiger partial charge in [0.2, 0.25) is 5.88 Å². The first kappa shape index (κ1) is 12.9. The molecule has 0 radical (unpaired) electrons. The van der Waals surface area contributed by atoms with Gasteiger partial charge in [0, 0.05) is 18.1 Å². The first-order valence-electron chi connectivity index (χ1n) is 5.87. The van der Waals surface area contributed by atoms with Crippen LogP contribution in [0.15, 0.2) is 30.5 Å². The predicted octanol–water partition coefficient (Wildman–Crippen LogP) is 4.54. The molecule has 0 aliphatic heterocycles. The quantitative estimate of drug-likeness (QED) is 0.757. The topological polar surface area (TPSA) is 22.1 Å². The van der Waals surface area contributed by atoms with Crippen molar-refractivity contribution in [2.75, 3.05) is 0 Å². The van der Waals surface area contributed by atoms with Gasteiger partial charge in [-0.25, -0.2) is 4.98 Å². The van der Waals surface area contributed by atoms with Crippen molar-refractivity contribution in [1.82, 2.24) is 4.98 Å². The zero-order valence-electron chi connectivity index (χ0n) is 10.8. The zero-order chi connectivity index (χ0) is 13.1. The standard InChI is InChI=1S/C15H16ClNO/c1-10-4-5-11(2)15(12(10)3)18-14-8-13(9-16)6-7-17-14/h4-8H,9H2,1-3H3. The van der Waals surface area contributed by atoms with Crippen LogP contribution in [0.25, 0.3) is 0 Å². The van der Waals surface area contributed by atoms with Crippen molar-refractivity contribution < 1.29 is 4.74 Å². The molecule has 0 saturated carbocycles. The summed E-state index contributed by atoms with van der Waals surface area (Å²) in [6, 6.07) is 7.91. The molecule has 2 rings (SSSR count). The Morgan fingerprint density at radius 2 is 1.83 bits per heavy atom. The highest BCUT2D eigenvalue weighted by Crippen LogP contribution is 2.30. The molecule has 0 spiro atoms. The molecule has 18 heavy (non-hydrogen) atoms. The van der Waals surface area contributed by atoms with Crippen molar-refractivity contribution in [3.63, 3.8) is 0 Å². The summed E-state index contributed by atoms with van der Waals surface area (Å²) in [4.78, 5) is 4.21. The summed E-state index contributed by atoms with van der Waals surface area (Å²) in [6.07, 6.45) is 1.72. The Balaban J connectivity index is 2.36. The van der Waals surface area contributed by atoms with Gasteiger partial charge in [0.1, 0.15) is 5.75 Å². The number of ether oxygens (including phenoxy) is 1. The van der Waals surface area contributed by atoms with Gasteiger partial charge < -0.3 is 4.74 Å². The summed E-state index contributed by atoms with van der Waals surface area (Å²) in [5.74, 6) is 1.93. The minimum Gasteiger partial charge on any atom is -0.438 e. The maximum absolute atomic E-state index is 5.89. The Morgan fingerprint density at radius 1 is 1.11 bits per heavy atom. The van der Waals surface area contributed by atoms with Gasteiger partial charge in [0.25, 0.3) is 0 Å². The second-order valence-corrected chi connectivity index (χ2v) is 4.66. The van der Waals surface area contributed by atoms with Gasteiger partial charge in [-0.05, 0) is 49.1 Å². The molecule has 94 valence electrons. The molecular weight excluding hydrogens is 246 g/mol. The van der Waals surface area contributed by atoms with Gasteiger partial charge in [-0.2, -0.15) is 0 Å². The number of nitrogens with zero attached hydrogens (tertiary/aromatic N) is 1. The van der Waals surface area contributed by atoms with Crippen LogP contribution in [-0.2, 0) is 5.88 Å². The fourth-order valence-corrected chi connectivity index (χ4v) is 1.94. The van der Waals surface area contributed by atoms with E-state index in [2.05, 4.69) is 31.0 Å². The Kier molecular flexibility index (Phi) is 3.87. The molecule has 0 unspecified atom stereocenters. The van der Waals surface area contributed by atoms with Crippen molar-refractivity contribution in [2.45, 2.75) is 26.7 Å². The number of benzene rings is 1. The lowest BCUT2D eigenvalue weighted by atomic mass is 10.1. The van der Waals surface area contributed by atoms with Crippen LogP contribution in [0.3, 0.4) is 0 Å². The third-order valence-electron chi connectivity index (χ3n) is 3.03. The highest BCUT2D eigenvalue weighted by molar-refractivity contribution is 6.17. The average Bonchev–Trinajstić information content (AvgIpc) is 2.39. The molecule has 0 N–H and O–H groups in total. The number of hydrogen-bond acceptors (Lipinski definition) is 2. The summed E-state index contributed by atoms with van der Waals surface area (Å²) in [6.45, 7) is 6.17. The highest BCUT2D eigenvalue weighted by Gasteiger charge is 2.08. The Morgan fingerprint density at radius 3 is 2.56 bits per heavy atom. The van der Waals surface area contributed by atoms with Gasteiger partial charge in [0.05, 0.1) is 0 Å². The monoisotopic (exact) mass is 261 g/mol. The second-order valence-electron chi connectivity index (χ2n) is 4.39. The molecule has 0 bridgehead atoms. The molecular formula is C15H16ClNO. The van der Waals surface area contributed by atoms with E-state index in [0.717, 1.165) is 22.4 Å². The van der Waals surface area contributed by atoms with Crippen molar-refractivity contribution in [1.29, 1.82) is 0 Å². The molecule has 3 heteroatoms. The van der Waals surface area contributed by atoms with E-state index in [1.165, 1.54) is 5.56 Å². The number of aryl methyl sites for hydroxylation is 2. The van der Waals surface area contributed by atoms with Gasteiger partial charge in [-0.1, -0.05) is 12.1 Å². The number of aromatic nitrogens is 1. The summed E-state index contributed by atoms with van der Waals surface area (Å²) >= 11 is 5.81. The normalized spacial score (nSPS) is 10.4. The fraction of sp³-hybridized carbons (Fsp3) is 0.267. The summed E-state index contributed by atoms with van der Waals surface area (Å²) in [7, 11) is 0. The minimum absolute atomic E-state index is 0.463. The van der Waals surface area contributed by atoms with Crippen LogP contribution in [0.2, 0.25) is 0 Å². The lowest BCUT2D eigenvalue weighted by molar-refractivity contribution is 0.455. The van der Waals surface area contributed by atoms with Crippen molar-refractivity contribution >= 4 is 11.6 Å². The molecule has 1 aromatic heterocycles. The molecule has 2 aromatic rings. The number of alkyl halides is 1. The minimum atomic E-state index is 0.463. The van der Waals surface area contributed by atoms with Crippen LogP contribution >= 0.6 is 11.6 Å². The van der Waals surface area contributed by atoms with Crippen LogP contribution in [0.4, 0.5) is 0 Å². The number of halogens is 1. The van der Waals surface area contributed by atoms with E-state index >= 15 is 0 Å². The highest BCUT2D eigenvalue weighted by atomic mass is 35.5. The van der Waals surface area contributed by atoms with E-state index in [9.17, 15) is 0 Å². The average molecular weight is 262 g/mol. The van der Waals surface area contributed by atoms with Crippen LogP contribution < -0.4 is 4.74 Å². The summed E-state index contributed by atoms with van der Waals surface area (Å²) in [5.41, 5.74) is 4.47. The molecule has 0 saturated heterocycles. The van der Waals surface area contributed by atoms with E-state index < -0.39 is 0 Å². The van der Waals surface area contributed by atoms with Crippen molar-refractivity contribution in [3.8, 4) is 11.6 Å². The fourth-order valence-electron chi connectivity index (χ4n) is 1.78. The maximum atomic E-state index is 5.89. The van der Waals surface area contributed by atoms with E-state index in [4.69, 9.17) is 16.3 Å². The SMILES string of the molecule is Cc1ccc(C)c(Oc2cc(CCl)ccn2)c1C. The third kappa shape index (κ3) is 2.65. The Labute approximate surface area is 113 Å². The molecule has 0 fully saturated rings. The van der Waals surface area contributed by atoms with Crippen LogP contribution in [0, 0.1) is 20.8 Å². The number of rotatable bonds is 3. The molecule has 0 amide bonds. The smallest absolute Gasteiger partial charge is 0.219 e. The number of hydrogen-bond donors (Lipinski definition) is 0. The Bertz CT molecular complexity index is 566. The van der Waals surface area contributed by atoms with E-state index in [1.807, 2.05) is 19.1 Å². The molecule has 1 heterocycles. The maximum Gasteiger partial charge on any atom is 0.219 e. The predicted molar refractivity (Wildman–Crippen MR) is 74.5 cm³/mol. The summed E-state index contributed by atoms with van der Waals surface area (Å²) < 4.78 is 5.89.